The van der Waals surface area contributed by atoms with Gasteiger partial charge in [-0.2, -0.15) is 0 Å². The Morgan fingerprint density at radius 3 is 1.59 bits per heavy atom. The van der Waals surface area contributed by atoms with Crippen molar-refractivity contribution < 1.29 is 0 Å². The van der Waals surface area contributed by atoms with Crippen molar-refractivity contribution in [3.8, 4) is 33.4 Å². The zero-order valence-electron chi connectivity index (χ0n) is 31.9. The Bertz CT molecular complexity index is 2680. The monoisotopic (exact) mass is 720 g/mol. The van der Waals surface area contributed by atoms with Gasteiger partial charge in [-0.3, -0.25) is 0 Å². The third kappa shape index (κ3) is 6.97. The molecule has 0 atom stereocenters. The maximum atomic E-state index is 3.85. The first-order chi connectivity index (χ1) is 27.7. The fourth-order valence-electron chi connectivity index (χ4n) is 7.84. The summed E-state index contributed by atoms with van der Waals surface area (Å²) in [6, 6.07) is 63.4. The van der Waals surface area contributed by atoms with Crippen LogP contribution < -0.4 is 9.80 Å². The molecule has 0 aliphatic carbocycles. The summed E-state index contributed by atoms with van der Waals surface area (Å²) in [7, 11) is 2.12. The van der Waals surface area contributed by atoms with Crippen LogP contribution in [0.4, 0.5) is 22.7 Å². The van der Waals surface area contributed by atoms with Gasteiger partial charge in [-0.25, -0.2) is 0 Å². The van der Waals surface area contributed by atoms with Crippen LogP contribution in [-0.2, 0) is 0 Å². The molecule has 0 aliphatic rings. The Morgan fingerprint density at radius 2 is 0.964 bits per heavy atom. The molecule has 0 amide bonds. The van der Waals surface area contributed by atoms with E-state index in [4.69, 9.17) is 0 Å². The van der Waals surface area contributed by atoms with E-state index in [1.807, 2.05) is 12.2 Å². The van der Waals surface area contributed by atoms with Crippen molar-refractivity contribution >= 4 is 50.4 Å². The van der Waals surface area contributed by atoms with Crippen LogP contribution >= 0.6 is 0 Å². The smallest absolute Gasteiger partial charge is 0.0693 e. The molecule has 0 aliphatic heterocycles. The van der Waals surface area contributed by atoms with Gasteiger partial charge in [0.1, 0.15) is 0 Å². The van der Waals surface area contributed by atoms with Gasteiger partial charge in [0.25, 0.3) is 0 Å². The lowest BCUT2D eigenvalue weighted by Gasteiger charge is -2.29. The fraction of sp³-hybridized carbons (Fsp3) is 0.0370. The van der Waals surface area contributed by atoms with Gasteiger partial charge in [0.05, 0.1) is 11.4 Å². The molecule has 0 unspecified atom stereocenters. The Labute approximate surface area is 330 Å². The number of hydrogen-bond donors (Lipinski definition) is 0. The minimum absolute atomic E-state index is 1.06. The average Bonchev–Trinajstić information content (AvgIpc) is 3.26. The van der Waals surface area contributed by atoms with Gasteiger partial charge >= 0.3 is 0 Å². The Balaban J connectivity index is 1.27. The summed E-state index contributed by atoms with van der Waals surface area (Å²) in [5, 5.41) is 4.97. The number of benzene rings is 8. The van der Waals surface area contributed by atoms with Crippen LogP contribution in [0.15, 0.2) is 219 Å². The Morgan fingerprint density at radius 1 is 0.446 bits per heavy atom. The first kappa shape index (κ1) is 35.8. The van der Waals surface area contributed by atoms with E-state index in [0.29, 0.717) is 0 Å². The van der Waals surface area contributed by atoms with Crippen LogP contribution in [0, 0.1) is 0 Å². The van der Waals surface area contributed by atoms with Gasteiger partial charge in [0.2, 0.25) is 0 Å². The molecule has 270 valence electrons. The van der Waals surface area contributed by atoms with Gasteiger partial charge < -0.3 is 9.80 Å². The largest absolute Gasteiger partial charge is 0.343 e. The van der Waals surface area contributed by atoms with Crippen molar-refractivity contribution in [2.45, 2.75) is 6.92 Å². The zero-order valence-corrected chi connectivity index (χ0v) is 31.9. The highest BCUT2D eigenvalue weighted by molar-refractivity contribution is 6.22. The molecule has 8 rings (SSSR count). The summed E-state index contributed by atoms with van der Waals surface area (Å²) in [4.78, 5) is 4.49. The molecule has 56 heavy (non-hydrogen) atoms. The van der Waals surface area contributed by atoms with Gasteiger partial charge in [-0.05, 0) is 110 Å². The van der Waals surface area contributed by atoms with Crippen LogP contribution in [0.5, 0.6) is 0 Å². The molecule has 2 heteroatoms. The van der Waals surface area contributed by atoms with Gasteiger partial charge in [0.15, 0.2) is 0 Å². The summed E-state index contributed by atoms with van der Waals surface area (Å²) in [6.45, 7) is 5.93. The van der Waals surface area contributed by atoms with Crippen molar-refractivity contribution in [3.05, 3.63) is 225 Å². The second kappa shape index (κ2) is 16.5. The standard InChI is InChI=1S/C54H44N2/c1-4-6-7-21-39-56(52-34-20-19-33-51(52)55(3)42-24-9-8-10-25-42)43-37-35-41(36-38-43)44-26-13-14-28-46(44)54-49-31-17-15-29-47(49)53(48-30-16-18-32-50(48)54)45-27-12-11-23-40(45)22-5-2/h4-39H,1H2,2-3H3/b7-6-,22-5+,39-21+. The van der Waals surface area contributed by atoms with Crippen molar-refractivity contribution in [3.63, 3.8) is 0 Å². The van der Waals surface area contributed by atoms with E-state index in [-0.39, 0.29) is 0 Å². The summed E-state index contributed by atoms with van der Waals surface area (Å²) in [5.41, 5.74) is 12.9. The second-order valence-corrected chi connectivity index (χ2v) is 13.7. The third-order valence-corrected chi connectivity index (χ3v) is 10.4. The molecular weight excluding hydrogens is 677 g/mol. The third-order valence-electron chi connectivity index (χ3n) is 10.4. The first-order valence-electron chi connectivity index (χ1n) is 19.2. The van der Waals surface area contributed by atoms with E-state index in [1.54, 1.807) is 6.08 Å². The van der Waals surface area contributed by atoms with Crippen molar-refractivity contribution in [1.29, 1.82) is 0 Å². The minimum Gasteiger partial charge on any atom is -0.343 e. The highest BCUT2D eigenvalue weighted by atomic mass is 15.2. The van der Waals surface area contributed by atoms with Crippen molar-refractivity contribution in [2.75, 3.05) is 16.8 Å². The molecule has 0 fully saturated rings. The number of allylic oxidation sites excluding steroid dienone is 5. The fourth-order valence-corrected chi connectivity index (χ4v) is 7.84. The Hall–Kier alpha value is -7.16. The highest BCUT2D eigenvalue weighted by Gasteiger charge is 2.20. The lowest BCUT2D eigenvalue weighted by Crippen LogP contribution is -2.16. The summed E-state index contributed by atoms with van der Waals surface area (Å²) >= 11 is 0. The molecule has 0 spiro atoms. The topological polar surface area (TPSA) is 6.48 Å². The molecule has 8 aromatic rings. The quantitative estimate of drug-likeness (QED) is 0.0969. The van der Waals surface area contributed by atoms with E-state index in [0.717, 1.165) is 28.3 Å². The Kier molecular flexibility index (Phi) is 10.5. The number of fused-ring (bicyclic) bond motifs is 2. The number of hydrogen-bond acceptors (Lipinski definition) is 2. The van der Waals surface area contributed by atoms with Crippen molar-refractivity contribution in [1.82, 2.24) is 0 Å². The molecule has 2 nitrogen and oxygen atoms in total. The number of anilines is 4. The lowest BCUT2D eigenvalue weighted by molar-refractivity contribution is 1.18. The van der Waals surface area contributed by atoms with E-state index in [1.165, 1.54) is 54.9 Å². The number of rotatable bonds is 11. The van der Waals surface area contributed by atoms with Crippen molar-refractivity contribution in [2.24, 2.45) is 0 Å². The predicted molar refractivity (Wildman–Crippen MR) is 244 cm³/mol. The van der Waals surface area contributed by atoms with Crippen LogP contribution in [0.2, 0.25) is 0 Å². The molecule has 0 heterocycles. The molecule has 0 aromatic heterocycles. The zero-order chi connectivity index (χ0) is 38.3. The molecule has 0 N–H and O–H groups in total. The van der Waals surface area contributed by atoms with E-state index in [9.17, 15) is 0 Å². The number of nitrogens with zero attached hydrogens (tertiary/aromatic N) is 2. The normalized spacial score (nSPS) is 11.6. The molecule has 0 saturated carbocycles. The van der Waals surface area contributed by atoms with Crippen LogP contribution in [-0.4, -0.2) is 7.05 Å². The molecule has 8 aromatic carbocycles. The molecule has 0 saturated heterocycles. The summed E-state index contributed by atoms with van der Waals surface area (Å²) < 4.78 is 0. The van der Waals surface area contributed by atoms with Crippen LogP contribution in [0.1, 0.15) is 12.5 Å². The molecule has 0 bridgehead atoms. The van der Waals surface area contributed by atoms with Gasteiger partial charge in [-0.15, -0.1) is 0 Å². The van der Waals surface area contributed by atoms with Gasteiger partial charge in [0, 0.05) is 24.6 Å². The SMILES string of the molecule is C=C/C=C\C=C\N(c1ccc(-c2ccccc2-c2c3ccccc3c(-c3ccccc3/C=C/C)c3ccccc23)cc1)c1ccccc1N(C)c1ccccc1. The molecular formula is C54H44N2. The van der Waals surface area contributed by atoms with E-state index < -0.39 is 0 Å². The van der Waals surface area contributed by atoms with Crippen LogP contribution in [0.3, 0.4) is 0 Å². The first-order valence-corrected chi connectivity index (χ1v) is 19.2. The van der Waals surface area contributed by atoms with E-state index in [2.05, 4.69) is 231 Å². The highest BCUT2D eigenvalue weighted by Crippen LogP contribution is 2.47. The second-order valence-electron chi connectivity index (χ2n) is 13.7. The number of para-hydroxylation sites is 3. The van der Waals surface area contributed by atoms with Crippen LogP contribution in [0.25, 0.3) is 61.0 Å². The average molecular weight is 721 g/mol. The summed E-state index contributed by atoms with van der Waals surface area (Å²) in [6.07, 6.45) is 14.2. The lowest BCUT2D eigenvalue weighted by atomic mass is 9.83. The maximum Gasteiger partial charge on any atom is 0.0693 e. The molecule has 0 radical (unpaired) electrons. The van der Waals surface area contributed by atoms with Gasteiger partial charge in [-0.1, -0.05) is 176 Å². The minimum atomic E-state index is 1.06. The summed E-state index contributed by atoms with van der Waals surface area (Å²) in [5.74, 6) is 0. The predicted octanol–water partition coefficient (Wildman–Crippen LogP) is 15.2. The maximum absolute atomic E-state index is 3.85. The van der Waals surface area contributed by atoms with E-state index >= 15 is 0 Å².